The van der Waals surface area contributed by atoms with E-state index in [2.05, 4.69) is 25.2 Å². The highest BCUT2D eigenvalue weighted by molar-refractivity contribution is 5.69. The molecular weight excluding hydrogens is 328 g/mol. The summed E-state index contributed by atoms with van der Waals surface area (Å²) in [6.07, 6.45) is 1.76. The Balaban J connectivity index is 2.50. The Kier molecular flexibility index (Phi) is 5.98. The molecule has 0 aromatic heterocycles. The highest BCUT2D eigenvalue weighted by Crippen LogP contribution is 2.44. The molecule has 0 unspecified atom stereocenters. The maximum absolute atomic E-state index is 12.5. The highest BCUT2D eigenvalue weighted by atomic mass is 16.6. The molecule has 1 aromatic rings. The normalized spacial score (nSPS) is 21.4. The van der Waals surface area contributed by atoms with Crippen LogP contribution in [0.25, 0.3) is 0 Å². The Labute approximate surface area is 156 Å². The molecule has 26 heavy (non-hydrogen) atoms. The van der Waals surface area contributed by atoms with Gasteiger partial charge < -0.3 is 14.8 Å². The summed E-state index contributed by atoms with van der Waals surface area (Å²) < 4.78 is 11.3. The van der Waals surface area contributed by atoms with Crippen LogP contribution < -0.4 is 5.32 Å². The smallest absolute Gasteiger partial charge is 0.407 e. The van der Waals surface area contributed by atoms with Gasteiger partial charge in [0, 0.05) is 18.9 Å². The average Bonchev–Trinajstić information content (AvgIpc) is 2.59. The predicted molar refractivity (Wildman–Crippen MR) is 101 cm³/mol. The Hall–Kier alpha value is -2.06. The van der Waals surface area contributed by atoms with Crippen LogP contribution in [0.3, 0.4) is 0 Å². The number of carbonyl (C=O) groups is 1. The molecule has 0 radical (unpaired) electrons. The molecule has 1 aromatic carbocycles. The monoisotopic (exact) mass is 358 g/mol. The van der Waals surface area contributed by atoms with E-state index >= 15 is 0 Å². The van der Waals surface area contributed by atoms with Gasteiger partial charge in [0.05, 0.1) is 23.8 Å². The summed E-state index contributed by atoms with van der Waals surface area (Å²) in [5.41, 5.74) is 2.09. The SMILES string of the molecule is CCC1(CC)c2cc(C#N)ccc2C[C@@H](OC)[C@@H]1NC(=O)OC(C)(C)C. The van der Waals surface area contributed by atoms with Crippen molar-refractivity contribution in [3.8, 4) is 6.07 Å². The van der Waals surface area contributed by atoms with E-state index in [9.17, 15) is 10.1 Å². The lowest BCUT2D eigenvalue weighted by molar-refractivity contribution is 0.00830. The van der Waals surface area contributed by atoms with E-state index in [1.165, 1.54) is 5.56 Å². The van der Waals surface area contributed by atoms with Crippen LogP contribution in [0.2, 0.25) is 0 Å². The second-order valence-electron chi connectivity index (χ2n) is 7.95. The van der Waals surface area contributed by atoms with Crippen LogP contribution in [-0.4, -0.2) is 30.9 Å². The van der Waals surface area contributed by atoms with Crippen molar-refractivity contribution < 1.29 is 14.3 Å². The minimum Gasteiger partial charge on any atom is -0.444 e. The first kappa shape index (κ1) is 20.3. The number of rotatable bonds is 4. The maximum atomic E-state index is 12.5. The Morgan fingerprint density at radius 1 is 1.35 bits per heavy atom. The molecule has 5 nitrogen and oxygen atoms in total. The first-order valence-corrected chi connectivity index (χ1v) is 9.26. The molecule has 2 rings (SSSR count). The van der Waals surface area contributed by atoms with Gasteiger partial charge in [-0.25, -0.2) is 4.79 Å². The minimum atomic E-state index is -0.561. The Morgan fingerprint density at radius 2 is 2.00 bits per heavy atom. The number of benzene rings is 1. The zero-order valence-corrected chi connectivity index (χ0v) is 16.7. The van der Waals surface area contributed by atoms with Gasteiger partial charge >= 0.3 is 6.09 Å². The molecule has 1 aliphatic carbocycles. The molecule has 0 bridgehead atoms. The van der Waals surface area contributed by atoms with Crippen LogP contribution in [0.4, 0.5) is 4.79 Å². The summed E-state index contributed by atoms with van der Waals surface area (Å²) >= 11 is 0. The summed E-state index contributed by atoms with van der Waals surface area (Å²) in [5.74, 6) is 0. The van der Waals surface area contributed by atoms with Crippen LogP contribution in [0, 0.1) is 11.3 Å². The molecule has 1 amide bonds. The summed E-state index contributed by atoms with van der Waals surface area (Å²) in [4.78, 5) is 12.5. The van der Waals surface area contributed by atoms with E-state index in [1.807, 2.05) is 39.0 Å². The van der Waals surface area contributed by atoms with E-state index in [1.54, 1.807) is 7.11 Å². The van der Waals surface area contributed by atoms with Crippen molar-refractivity contribution in [3.63, 3.8) is 0 Å². The van der Waals surface area contributed by atoms with Crippen molar-refractivity contribution in [3.05, 3.63) is 34.9 Å². The Morgan fingerprint density at radius 3 is 2.50 bits per heavy atom. The van der Waals surface area contributed by atoms with Crippen LogP contribution in [0.5, 0.6) is 0 Å². The van der Waals surface area contributed by atoms with Crippen molar-refractivity contribution in [2.75, 3.05) is 7.11 Å². The highest BCUT2D eigenvalue weighted by Gasteiger charge is 2.48. The molecular formula is C21H30N2O3. The maximum Gasteiger partial charge on any atom is 0.407 e. The molecule has 1 aliphatic rings. The van der Waals surface area contributed by atoms with E-state index < -0.39 is 11.7 Å². The first-order chi connectivity index (χ1) is 12.2. The van der Waals surface area contributed by atoms with Crippen LogP contribution in [0.1, 0.15) is 64.2 Å². The Bertz CT molecular complexity index is 696. The fourth-order valence-electron chi connectivity index (χ4n) is 4.10. The molecule has 5 heteroatoms. The topological polar surface area (TPSA) is 71.3 Å². The molecule has 0 heterocycles. The van der Waals surface area contributed by atoms with Crippen LogP contribution in [-0.2, 0) is 21.3 Å². The molecule has 0 spiro atoms. The van der Waals surface area contributed by atoms with Gasteiger partial charge in [0.15, 0.2) is 0 Å². The first-order valence-electron chi connectivity index (χ1n) is 9.26. The van der Waals surface area contributed by atoms with Crippen LogP contribution >= 0.6 is 0 Å². The van der Waals surface area contributed by atoms with E-state index in [-0.39, 0.29) is 17.6 Å². The van der Waals surface area contributed by atoms with Gasteiger partial charge in [-0.15, -0.1) is 0 Å². The molecule has 0 fully saturated rings. The lowest BCUT2D eigenvalue weighted by atomic mass is 9.62. The molecule has 142 valence electrons. The second kappa shape index (κ2) is 7.67. The second-order valence-corrected chi connectivity index (χ2v) is 7.95. The third-order valence-electron chi connectivity index (χ3n) is 5.40. The van der Waals surface area contributed by atoms with Gasteiger partial charge in [0.25, 0.3) is 0 Å². The molecule has 1 N–H and O–H groups in total. The number of fused-ring (bicyclic) bond motifs is 1. The van der Waals surface area contributed by atoms with Crippen molar-refractivity contribution in [1.29, 1.82) is 5.26 Å². The predicted octanol–water partition coefficient (Wildman–Crippen LogP) is 4.08. The van der Waals surface area contributed by atoms with E-state index in [4.69, 9.17) is 9.47 Å². The molecule has 0 aliphatic heterocycles. The number of methoxy groups -OCH3 is 1. The molecule has 2 atom stereocenters. The number of ether oxygens (including phenoxy) is 2. The van der Waals surface area contributed by atoms with Crippen molar-refractivity contribution >= 4 is 6.09 Å². The van der Waals surface area contributed by atoms with Gasteiger partial charge in [-0.2, -0.15) is 5.26 Å². The van der Waals surface area contributed by atoms with Crippen molar-refractivity contribution in [2.45, 2.75) is 77.0 Å². The largest absolute Gasteiger partial charge is 0.444 e. The number of hydrogen-bond donors (Lipinski definition) is 1. The minimum absolute atomic E-state index is 0.150. The number of nitrogens with one attached hydrogen (secondary N) is 1. The van der Waals surface area contributed by atoms with Gasteiger partial charge in [-0.1, -0.05) is 19.9 Å². The standard InChI is InChI=1S/C21H30N2O3/c1-7-21(8-2)16-11-14(13-22)9-10-15(16)12-17(25-6)18(21)23-19(24)26-20(3,4)5/h9-11,17-18H,7-8,12H2,1-6H3,(H,23,24)/t17-,18+/m1/s1. The van der Waals surface area contributed by atoms with Gasteiger partial charge in [-0.3, -0.25) is 0 Å². The summed E-state index contributed by atoms with van der Waals surface area (Å²) in [5, 5.41) is 12.4. The van der Waals surface area contributed by atoms with Gasteiger partial charge in [0.2, 0.25) is 0 Å². The van der Waals surface area contributed by atoms with Crippen LogP contribution in [0.15, 0.2) is 18.2 Å². The fraction of sp³-hybridized carbons (Fsp3) is 0.619. The number of nitrogens with zero attached hydrogens (tertiary/aromatic N) is 1. The third-order valence-corrected chi connectivity index (χ3v) is 5.40. The van der Waals surface area contributed by atoms with Crippen molar-refractivity contribution in [2.24, 2.45) is 0 Å². The fourth-order valence-corrected chi connectivity index (χ4v) is 4.10. The zero-order chi connectivity index (χ0) is 19.5. The summed E-state index contributed by atoms with van der Waals surface area (Å²) in [6.45, 7) is 9.79. The third kappa shape index (κ3) is 3.86. The summed E-state index contributed by atoms with van der Waals surface area (Å²) in [6, 6.07) is 7.85. The number of alkyl carbamates (subject to hydrolysis) is 1. The lowest BCUT2D eigenvalue weighted by Gasteiger charge is -2.48. The number of amides is 1. The molecule has 0 saturated carbocycles. The molecule has 0 saturated heterocycles. The van der Waals surface area contributed by atoms with E-state index in [0.717, 1.165) is 18.4 Å². The number of hydrogen-bond acceptors (Lipinski definition) is 4. The van der Waals surface area contributed by atoms with Crippen molar-refractivity contribution in [1.82, 2.24) is 5.32 Å². The quantitative estimate of drug-likeness (QED) is 0.880. The number of carbonyl (C=O) groups excluding carboxylic acids is 1. The lowest BCUT2D eigenvalue weighted by Crippen LogP contribution is -2.60. The zero-order valence-electron chi connectivity index (χ0n) is 16.7. The average molecular weight is 358 g/mol. The number of nitriles is 1. The van der Waals surface area contributed by atoms with Gasteiger partial charge in [-0.05, 0) is 56.9 Å². The summed E-state index contributed by atoms with van der Waals surface area (Å²) in [7, 11) is 1.68. The van der Waals surface area contributed by atoms with E-state index in [0.29, 0.717) is 12.0 Å². The van der Waals surface area contributed by atoms with Gasteiger partial charge in [0.1, 0.15) is 5.60 Å².